The zero-order chi connectivity index (χ0) is 12.3. The summed E-state index contributed by atoms with van der Waals surface area (Å²) >= 11 is 0. The highest BCUT2D eigenvalue weighted by Gasteiger charge is 2.30. The number of hydrogen-bond acceptors (Lipinski definition) is 5. The van der Waals surface area contributed by atoms with Crippen molar-refractivity contribution in [2.45, 2.75) is 25.9 Å². The van der Waals surface area contributed by atoms with Crippen LogP contribution in [0, 0.1) is 0 Å². The zero-order valence-corrected chi connectivity index (χ0v) is 10.4. The molecule has 0 saturated carbocycles. The summed E-state index contributed by atoms with van der Waals surface area (Å²) in [6.45, 7) is 7.85. The van der Waals surface area contributed by atoms with E-state index in [1.165, 1.54) is 5.56 Å². The smallest absolute Gasteiger partial charge is 0.139 e. The molecule has 0 atom stereocenters. The quantitative estimate of drug-likeness (QED) is 0.605. The second-order valence-corrected chi connectivity index (χ2v) is 4.98. The highest BCUT2D eigenvalue weighted by atomic mass is 16.5. The van der Waals surface area contributed by atoms with Crippen LogP contribution in [-0.4, -0.2) is 35.2 Å². The molecule has 0 bridgehead atoms. The fourth-order valence-corrected chi connectivity index (χ4v) is 2.01. The van der Waals surface area contributed by atoms with Gasteiger partial charge in [-0.3, -0.25) is 4.90 Å². The van der Waals surface area contributed by atoms with Gasteiger partial charge in [-0.05, 0) is 25.5 Å². The van der Waals surface area contributed by atoms with Crippen LogP contribution in [-0.2, 0) is 11.3 Å². The lowest BCUT2D eigenvalue weighted by Crippen LogP contribution is -2.52. The summed E-state index contributed by atoms with van der Waals surface area (Å²) in [6, 6.07) is 3.94. The molecule has 5 nitrogen and oxygen atoms in total. The van der Waals surface area contributed by atoms with Crippen LogP contribution >= 0.6 is 0 Å². The van der Waals surface area contributed by atoms with Gasteiger partial charge in [-0.25, -0.2) is 10.8 Å². The van der Waals surface area contributed by atoms with E-state index in [9.17, 15) is 0 Å². The highest BCUT2D eigenvalue weighted by Crippen LogP contribution is 2.21. The van der Waals surface area contributed by atoms with Gasteiger partial charge >= 0.3 is 0 Å². The zero-order valence-electron chi connectivity index (χ0n) is 10.4. The third-order valence-electron chi connectivity index (χ3n) is 3.16. The molecule has 1 saturated heterocycles. The van der Waals surface area contributed by atoms with E-state index in [0.717, 1.165) is 26.3 Å². The number of nitrogens with one attached hydrogen (secondary N) is 1. The number of nitrogens with zero attached hydrogens (tertiary/aromatic N) is 2. The Balaban J connectivity index is 2.03. The van der Waals surface area contributed by atoms with Gasteiger partial charge in [0, 0.05) is 24.8 Å². The number of rotatable bonds is 3. The first-order chi connectivity index (χ1) is 8.12. The predicted molar refractivity (Wildman–Crippen MR) is 67.4 cm³/mol. The molecule has 0 amide bonds. The van der Waals surface area contributed by atoms with E-state index < -0.39 is 0 Å². The second-order valence-electron chi connectivity index (χ2n) is 4.98. The Morgan fingerprint density at radius 1 is 1.53 bits per heavy atom. The number of hydrazine groups is 1. The van der Waals surface area contributed by atoms with Crippen molar-refractivity contribution in [3.63, 3.8) is 0 Å². The van der Waals surface area contributed by atoms with Crippen molar-refractivity contribution in [1.29, 1.82) is 0 Å². The van der Waals surface area contributed by atoms with Crippen LogP contribution < -0.4 is 11.3 Å². The van der Waals surface area contributed by atoms with Crippen molar-refractivity contribution < 1.29 is 4.74 Å². The van der Waals surface area contributed by atoms with Gasteiger partial charge < -0.3 is 10.2 Å². The minimum absolute atomic E-state index is 0.0863. The first-order valence-electron chi connectivity index (χ1n) is 5.86. The van der Waals surface area contributed by atoms with Crippen molar-refractivity contribution in [2.75, 3.05) is 25.2 Å². The molecule has 0 unspecified atom stereocenters. The first kappa shape index (κ1) is 12.3. The van der Waals surface area contributed by atoms with Crippen molar-refractivity contribution >= 4 is 5.82 Å². The maximum Gasteiger partial charge on any atom is 0.139 e. The molecule has 3 N–H and O–H groups in total. The monoisotopic (exact) mass is 236 g/mol. The maximum absolute atomic E-state index is 5.51. The van der Waals surface area contributed by atoms with Gasteiger partial charge in [0.2, 0.25) is 0 Å². The molecule has 1 aromatic rings. The van der Waals surface area contributed by atoms with E-state index >= 15 is 0 Å². The SMILES string of the molecule is CC1(C)COCCN1Cc1ccc(NN)nc1. The van der Waals surface area contributed by atoms with E-state index in [-0.39, 0.29) is 5.54 Å². The summed E-state index contributed by atoms with van der Waals surface area (Å²) in [4.78, 5) is 6.64. The molecule has 0 aliphatic carbocycles. The van der Waals surface area contributed by atoms with Crippen LogP contribution in [0.4, 0.5) is 5.82 Å². The summed E-state index contributed by atoms with van der Waals surface area (Å²) in [7, 11) is 0. The van der Waals surface area contributed by atoms with E-state index in [1.54, 1.807) is 0 Å². The molecular weight excluding hydrogens is 216 g/mol. The van der Waals surface area contributed by atoms with Gasteiger partial charge in [0.1, 0.15) is 5.82 Å². The molecule has 1 aliphatic rings. The second kappa shape index (κ2) is 5.00. The van der Waals surface area contributed by atoms with Crippen LogP contribution in [0.5, 0.6) is 0 Å². The van der Waals surface area contributed by atoms with Gasteiger partial charge in [-0.2, -0.15) is 0 Å². The van der Waals surface area contributed by atoms with E-state index in [1.807, 2.05) is 18.3 Å². The van der Waals surface area contributed by atoms with Crippen LogP contribution in [0.2, 0.25) is 0 Å². The topological polar surface area (TPSA) is 63.4 Å². The minimum atomic E-state index is 0.0863. The Hall–Kier alpha value is -1.17. The number of pyridine rings is 1. The number of aromatic nitrogens is 1. The molecular formula is C12H20N4O. The fraction of sp³-hybridized carbons (Fsp3) is 0.583. The Kier molecular flexibility index (Phi) is 3.61. The van der Waals surface area contributed by atoms with E-state index in [4.69, 9.17) is 10.6 Å². The molecule has 0 aromatic carbocycles. The molecule has 5 heteroatoms. The van der Waals surface area contributed by atoms with E-state index in [0.29, 0.717) is 5.82 Å². The molecule has 2 heterocycles. The molecule has 0 spiro atoms. The average molecular weight is 236 g/mol. The molecule has 2 rings (SSSR count). The molecule has 1 aliphatic heterocycles. The first-order valence-corrected chi connectivity index (χ1v) is 5.86. The van der Waals surface area contributed by atoms with E-state index in [2.05, 4.69) is 29.2 Å². The summed E-state index contributed by atoms with van der Waals surface area (Å²) in [5, 5.41) is 0. The Morgan fingerprint density at radius 2 is 2.35 bits per heavy atom. The molecule has 1 aromatic heterocycles. The number of ether oxygens (including phenoxy) is 1. The normalized spacial score (nSPS) is 20.2. The molecule has 0 radical (unpaired) electrons. The Labute approximate surface area is 102 Å². The predicted octanol–water partition coefficient (Wildman–Crippen LogP) is 0.978. The molecule has 94 valence electrons. The van der Waals surface area contributed by atoms with Crippen LogP contribution in [0.3, 0.4) is 0 Å². The van der Waals surface area contributed by atoms with Gasteiger partial charge in [-0.1, -0.05) is 6.07 Å². The number of hydrogen-bond donors (Lipinski definition) is 2. The number of nitrogens with two attached hydrogens (primary N) is 1. The number of nitrogen functional groups attached to an aromatic ring is 1. The largest absolute Gasteiger partial charge is 0.378 e. The Bertz CT molecular complexity index is 363. The lowest BCUT2D eigenvalue weighted by atomic mass is 10.0. The number of morpholine rings is 1. The van der Waals surface area contributed by atoms with Crippen molar-refractivity contribution in [3.8, 4) is 0 Å². The lowest BCUT2D eigenvalue weighted by Gasteiger charge is -2.42. The standard InChI is InChI=1S/C12H20N4O/c1-12(2)9-17-6-5-16(12)8-10-3-4-11(15-13)14-7-10/h3-4,7H,5-6,8-9,13H2,1-2H3,(H,14,15). The minimum Gasteiger partial charge on any atom is -0.378 e. The van der Waals surface area contributed by atoms with Gasteiger partial charge in [0.15, 0.2) is 0 Å². The van der Waals surface area contributed by atoms with Crippen LogP contribution in [0.15, 0.2) is 18.3 Å². The third kappa shape index (κ3) is 2.94. The van der Waals surface area contributed by atoms with Gasteiger partial charge in [0.05, 0.1) is 13.2 Å². The molecule has 17 heavy (non-hydrogen) atoms. The average Bonchev–Trinajstić information content (AvgIpc) is 2.33. The van der Waals surface area contributed by atoms with Gasteiger partial charge in [0.25, 0.3) is 0 Å². The van der Waals surface area contributed by atoms with Crippen LogP contribution in [0.25, 0.3) is 0 Å². The molecule has 1 fully saturated rings. The lowest BCUT2D eigenvalue weighted by molar-refractivity contribution is -0.0553. The maximum atomic E-state index is 5.51. The van der Waals surface area contributed by atoms with Crippen molar-refractivity contribution in [2.24, 2.45) is 5.84 Å². The fourth-order valence-electron chi connectivity index (χ4n) is 2.01. The summed E-state index contributed by atoms with van der Waals surface area (Å²) in [6.07, 6.45) is 1.86. The summed E-state index contributed by atoms with van der Waals surface area (Å²) in [5.41, 5.74) is 3.81. The Morgan fingerprint density at radius 3 is 2.94 bits per heavy atom. The van der Waals surface area contributed by atoms with Crippen LogP contribution in [0.1, 0.15) is 19.4 Å². The highest BCUT2D eigenvalue weighted by molar-refractivity contribution is 5.33. The van der Waals surface area contributed by atoms with Crippen molar-refractivity contribution in [1.82, 2.24) is 9.88 Å². The van der Waals surface area contributed by atoms with Gasteiger partial charge in [-0.15, -0.1) is 0 Å². The van der Waals surface area contributed by atoms with Crippen molar-refractivity contribution in [3.05, 3.63) is 23.9 Å². The third-order valence-corrected chi connectivity index (χ3v) is 3.16. The number of anilines is 1. The summed E-state index contributed by atoms with van der Waals surface area (Å²) < 4.78 is 5.51. The summed E-state index contributed by atoms with van der Waals surface area (Å²) in [5.74, 6) is 5.98.